The average Bonchev–Trinajstić information content (AvgIpc) is 3.13. The number of nitrogens with one attached hydrogen (secondary N) is 1. The number of nitrogens with zero attached hydrogens (tertiary/aromatic N) is 4. The fourth-order valence-electron chi connectivity index (χ4n) is 5.50. The summed E-state index contributed by atoms with van der Waals surface area (Å²) >= 11 is 0. The molecule has 1 N–H and O–H groups in total. The zero-order valence-electron chi connectivity index (χ0n) is 24.4. The van der Waals surface area contributed by atoms with Crippen molar-refractivity contribution >= 4 is 38.5 Å². The third-order valence-corrected chi connectivity index (χ3v) is 9.43. The van der Waals surface area contributed by atoms with E-state index in [0.29, 0.717) is 22.5 Å². The second-order valence-electron chi connectivity index (χ2n) is 11.0. The number of hydrogen-bond donors (Lipinski definition) is 1. The molecule has 12 heteroatoms. The van der Waals surface area contributed by atoms with Gasteiger partial charge in [0.25, 0.3) is 5.91 Å². The molecule has 1 saturated heterocycles. The molecular weight excluding hydrogens is 585 g/mol. The zero-order valence-corrected chi connectivity index (χ0v) is 25.2. The molecule has 6 rings (SSSR count). The molecule has 2 aliphatic rings. The van der Waals surface area contributed by atoms with Crippen molar-refractivity contribution in [1.29, 1.82) is 0 Å². The first-order valence-electron chi connectivity index (χ1n) is 14.4. The summed E-state index contributed by atoms with van der Waals surface area (Å²) in [5, 5.41) is 3.59. The van der Waals surface area contributed by atoms with Crippen LogP contribution in [-0.2, 0) is 21.1 Å². The fraction of sp³-hybridized carbons (Fsp3) is 0.312. The molecule has 3 aromatic heterocycles. The Hall–Kier alpha value is -4.42. The van der Waals surface area contributed by atoms with E-state index >= 15 is 0 Å². The number of rotatable bonds is 6. The van der Waals surface area contributed by atoms with Gasteiger partial charge in [-0.2, -0.15) is 0 Å². The summed E-state index contributed by atoms with van der Waals surface area (Å²) in [6, 6.07) is 14.1. The lowest BCUT2D eigenvalue weighted by atomic mass is 10.1. The maximum atomic E-state index is 14.4. The van der Waals surface area contributed by atoms with Crippen molar-refractivity contribution in [3.8, 4) is 17.1 Å². The normalized spacial score (nSPS) is 21.2. The Morgan fingerprint density at radius 3 is 2.66 bits per heavy atom. The molecule has 0 bridgehead atoms. The summed E-state index contributed by atoms with van der Waals surface area (Å²) < 4.78 is 51.3. The smallest absolute Gasteiger partial charge is 0.251 e. The highest BCUT2D eigenvalue weighted by Gasteiger charge is 2.35. The second-order valence-corrected chi connectivity index (χ2v) is 13.0. The van der Waals surface area contributed by atoms with Gasteiger partial charge in [-0.05, 0) is 56.3 Å². The number of carbonyl (C=O) groups is 1. The minimum atomic E-state index is -4.33. The Balaban J connectivity index is 1.22. The quantitative estimate of drug-likeness (QED) is 0.327. The molecular formula is C32H32FN5O5S. The van der Waals surface area contributed by atoms with Crippen LogP contribution in [0.5, 0.6) is 5.75 Å². The van der Waals surface area contributed by atoms with Crippen LogP contribution in [0.2, 0.25) is 0 Å². The Morgan fingerprint density at radius 1 is 1.11 bits per heavy atom. The summed E-state index contributed by atoms with van der Waals surface area (Å²) in [4.78, 5) is 29.1. The molecule has 10 nitrogen and oxygen atoms in total. The van der Waals surface area contributed by atoms with Crippen molar-refractivity contribution < 1.29 is 27.1 Å². The first-order chi connectivity index (χ1) is 21.1. The van der Waals surface area contributed by atoms with Crippen molar-refractivity contribution in [2.24, 2.45) is 0 Å². The van der Waals surface area contributed by atoms with Gasteiger partial charge in [-0.1, -0.05) is 18.7 Å². The van der Waals surface area contributed by atoms with E-state index in [9.17, 15) is 17.6 Å². The zero-order chi connectivity index (χ0) is 31.0. The van der Waals surface area contributed by atoms with Crippen LogP contribution in [0.3, 0.4) is 0 Å². The molecule has 3 atom stereocenters. The van der Waals surface area contributed by atoms with Gasteiger partial charge < -0.3 is 19.7 Å². The monoisotopic (exact) mass is 617 g/mol. The largest absolute Gasteiger partial charge is 0.491 e. The van der Waals surface area contributed by atoms with E-state index in [0.717, 1.165) is 36.1 Å². The van der Waals surface area contributed by atoms with E-state index in [2.05, 4.69) is 35.6 Å². The molecule has 1 aromatic carbocycles. The Morgan fingerprint density at radius 2 is 1.89 bits per heavy atom. The number of sulfone groups is 1. The summed E-state index contributed by atoms with van der Waals surface area (Å²) in [7, 11) is -4.33. The highest BCUT2D eigenvalue weighted by atomic mass is 32.2. The van der Waals surface area contributed by atoms with Crippen molar-refractivity contribution in [3.63, 3.8) is 0 Å². The van der Waals surface area contributed by atoms with E-state index in [1.807, 2.05) is 30.3 Å². The van der Waals surface area contributed by atoms with Crippen LogP contribution in [0.4, 0.5) is 10.2 Å². The number of anilines is 1. The third-order valence-electron chi connectivity index (χ3n) is 7.60. The molecule has 0 unspecified atom stereocenters. The highest BCUT2D eigenvalue weighted by molar-refractivity contribution is 7.92. The standard InChI is InChI=1S/C32H32FN5O5S/c1-4-21-12-23(13-28-31(21)42-11-10-29(33)44(28,40)41)32(39)35-16-24-14-27-22(15-34-24)8-9-26(36-27)25-6-5-7-30(37-25)38-17-19(2)43-20(3)18-38/h4-9,12-15,19-20,29H,1,10-11,16-18H2,2-3H3,(H,35,39)/t19-,20+,29-/m1/s1. The minimum absolute atomic E-state index is 0.00358. The van der Waals surface area contributed by atoms with Gasteiger partial charge in [-0.3, -0.25) is 9.78 Å². The Labute approximate surface area is 254 Å². The van der Waals surface area contributed by atoms with Crippen LogP contribution < -0.4 is 15.0 Å². The lowest BCUT2D eigenvalue weighted by Crippen LogP contribution is -2.45. The summed E-state index contributed by atoms with van der Waals surface area (Å²) in [5.41, 5.74) is 0.872. The Bertz CT molecular complexity index is 1860. The highest BCUT2D eigenvalue weighted by Crippen LogP contribution is 2.36. The van der Waals surface area contributed by atoms with E-state index in [1.165, 1.54) is 12.1 Å². The van der Waals surface area contributed by atoms with Crippen molar-refractivity contribution in [1.82, 2.24) is 20.3 Å². The van der Waals surface area contributed by atoms with Crippen LogP contribution in [-0.4, -0.2) is 66.7 Å². The van der Waals surface area contributed by atoms with Gasteiger partial charge in [-0.25, -0.2) is 22.8 Å². The predicted octanol–water partition coefficient (Wildman–Crippen LogP) is 4.73. The van der Waals surface area contributed by atoms with Gasteiger partial charge in [-0.15, -0.1) is 0 Å². The number of amides is 1. The number of morpholine rings is 1. The number of fused-ring (bicyclic) bond motifs is 2. The van der Waals surface area contributed by atoms with Crippen molar-refractivity contribution in [2.75, 3.05) is 24.6 Å². The molecule has 1 fully saturated rings. The van der Waals surface area contributed by atoms with Crippen LogP contribution >= 0.6 is 0 Å². The van der Waals surface area contributed by atoms with Crippen LogP contribution in [0, 0.1) is 0 Å². The number of pyridine rings is 3. The summed E-state index contributed by atoms with van der Waals surface area (Å²) in [6.45, 7) is 9.27. The summed E-state index contributed by atoms with van der Waals surface area (Å²) in [6.07, 6.45) is 2.98. The van der Waals surface area contributed by atoms with Crippen LogP contribution in [0.1, 0.15) is 41.9 Å². The number of ether oxygens (including phenoxy) is 2. The number of carbonyl (C=O) groups excluding carboxylic acids is 1. The molecule has 0 saturated carbocycles. The topological polar surface area (TPSA) is 124 Å². The van der Waals surface area contributed by atoms with Gasteiger partial charge in [0, 0.05) is 42.2 Å². The van der Waals surface area contributed by atoms with E-state index in [1.54, 1.807) is 12.3 Å². The maximum Gasteiger partial charge on any atom is 0.251 e. The first-order valence-corrected chi connectivity index (χ1v) is 15.9. The molecule has 2 aliphatic heterocycles. The molecule has 0 radical (unpaired) electrons. The predicted molar refractivity (Wildman–Crippen MR) is 165 cm³/mol. The number of benzene rings is 1. The molecule has 228 valence electrons. The van der Waals surface area contributed by atoms with E-state index in [-0.39, 0.29) is 48.0 Å². The molecule has 1 amide bonds. The van der Waals surface area contributed by atoms with E-state index < -0.39 is 21.2 Å². The van der Waals surface area contributed by atoms with Gasteiger partial charge in [0.2, 0.25) is 15.3 Å². The van der Waals surface area contributed by atoms with Crippen molar-refractivity contribution in [2.45, 2.75) is 49.4 Å². The SMILES string of the molecule is C=Cc1cc(C(=O)NCc2cc3nc(-c4cccc(N5C[C@@H](C)O[C@@H](C)C5)n4)ccc3cn2)cc2c1OCC[C@H](F)S2(=O)=O. The summed E-state index contributed by atoms with van der Waals surface area (Å²) in [5.74, 6) is 0.314. The number of aromatic nitrogens is 3. The minimum Gasteiger partial charge on any atom is -0.491 e. The van der Waals surface area contributed by atoms with Crippen LogP contribution in [0.25, 0.3) is 28.4 Å². The van der Waals surface area contributed by atoms with Crippen molar-refractivity contribution in [3.05, 3.63) is 78.1 Å². The maximum absolute atomic E-state index is 14.4. The molecule has 4 aromatic rings. The van der Waals surface area contributed by atoms with Gasteiger partial charge in [0.05, 0.1) is 48.0 Å². The number of alkyl halides is 1. The molecule has 44 heavy (non-hydrogen) atoms. The Kier molecular flexibility index (Phi) is 8.04. The lowest BCUT2D eigenvalue weighted by Gasteiger charge is -2.36. The molecule has 0 spiro atoms. The number of hydrogen-bond acceptors (Lipinski definition) is 9. The molecule has 0 aliphatic carbocycles. The van der Waals surface area contributed by atoms with Crippen LogP contribution in [0.15, 0.2) is 66.2 Å². The first kappa shape index (κ1) is 29.6. The average molecular weight is 618 g/mol. The third kappa shape index (κ3) is 5.87. The second kappa shape index (κ2) is 11.9. The van der Waals surface area contributed by atoms with Gasteiger partial charge in [0.1, 0.15) is 16.5 Å². The van der Waals surface area contributed by atoms with E-state index in [4.69, 9.17) is 19.4 Å². The molecule has 5 heterocycles. The fourth-order valence-corrected chi connectivity index (χ4v) is 6.90. The van der Waals surface area contributed by atoms with Gasteiger partial charge >= 0.3 is 0 Å². The number of halogens is 1. The van der Waals surface area contributed by atoms with Gasteiger partial charge in [0.15, 0.2) is 0 Å². The lowest BCUT2D eigenvalue weighted by molar-refractivity contribution is -0.00545.